The second-order valence-electron chi connectivity index (χ2n) is 3.77. The molecule has 1 aromatic rings. The summed E-state index contributed by atoms with van der Waals surface area (Å²) in [5, 5.41) is 0. The molecular weight excluding hydrogens is 218 g/mol. The Morgan fingerprint density at radius 1 is 1.35 bits per heavy atom. The van der Waals surface area contributed by atoms with Gasteiger partial charge in [-0.15, -0.1) is 0 Å². The van der Waals surface area contributed by atoms with E-state index in [9.17, 15) is 4.79 Å². The van der Waals surface area contributed by atoms with Crippen molar-refractivity contribution < 1.29 is 9.53 Å². The van der Waals surface area contributed by atoms with Crippen molar-refractivity contribution in [2.45, 2.75) is 18.9 Å². The molecule has 5 nitrogen and oxygen atoms in total. The van der Waals surface area contributed by atoms with Gasteiger partial charge in [-0.1, -0.05) is 18.2 Å². The summed E-state index contributed by atoms with van der Waals surface area (Å²) >= 11 is 0. The summed E-state index contributed by atoms with van der Waals surface area (Å²) < 4.78 is 4.65. The summed E-state index contributed by atoms with van der Waals surface area (Å²) in [5.41, 5.74) is 6.99. The number of aliphatic imine (C=N–C) groups is 1. The third kappa shape index (κ3) is 2.96. The number of carbonyl (C=O) groups excluding carboxylic acids is 1. The van der Waals surface area contributed by atoms with Crippen LogP contribution in [-0.2, 0) is 9.53 Å². The molecule has 0 spiro atoms. The van der Waals surface area contributed by atoms with Crippen molar-refractivity contribution in [1.82, 2.24) is 5.43 Å². The van der Waals surface area contributed by atoms with E-state index < -0.39 is 0 Å². The quantitative estimate of drug-likeness (QED) is 0.611. The Kier molecular flexibility index (Phi) is 3.59. The largest absolute Gasteiger partial charge is 0.467 e. The van der Waals surface area contributed by atoms with Crippen molar-refractivity contribution in [1.29, 1.82) is 0 Å². The molecule has 17 heavy (non-hydrogen) atoms. The average molecular weight is 233 g/mol. The van der Waals surface area contributed by atoms with Crippen molar-refractivity contribution in [2.75, 3.05) is 12.5 Å². The number of esters is 1. The first kappa shape index (κ1) is 11.4. The van der Waals surface area contributed by atoms with Gasteiger partial charge in [-0.05, 0) is 18.6 Å². The number of nitrogens with zero attached hydrogens (tertiary/aromatic N) is 1. The van der Waals surface area contributed by atoms with Gasteiger partial charge in [0.15, 0.2) is 0 Å². The molecule has 1 unspecified atom stereocenters. The lowest BCUT2D eigenvalue weighted by atomic mass is 10.2. The maximum absolute atomic E-state index is 11.3. The normalized spacial score (nSPS) is 18.4. The molecule has 0 aliphatic carbocycles. The van der Waals surface area contributed by atoms with Crippen LogP contribution in [0.3, 0.4) is 0 Å². The molecule has 0 aromatic heterocycles. The Morgan fingerprint density at radius 3 is 2.82 bits per heavy atom. The second kappa shape index (κ2) is 5.34. The summed E-state index contributed by atoms with van der Waals surface area (Å²) in [5.74, 6) is 0.505. The first-order chi connectivity index (χ1) is 8.29. The lowest BCUT2D eigenvalue weighted by Gasteiger charge is -2.08. The molecular formula is C12H15N3O2. The van der Waals surface area contributed by atoms with Crippen molar-refractivity contribution in [3.05, 3.63) is 30.3 Å². The molecule has 1 aliphatic heterocycles. The fourth-order valence-electron chi connectivity index (χ4n) is 1.66. The fourth-order valence-corrected chi connectivity index (χ4v) is 1.66. The molecule has 90 valence electrons. The van der Waals surface area contributed by atoms with E-state index in [1.807, 2.05) is 30.3 Å². The minimum atomic E-state index is -0.361. The van der Waals surface area contributed by atoms with Gasteiger partial charge in [0.05, 0.1) is 12.8 Å². The van der Waals surface area contributed by atoms with E-state index in [2.05, 4.69) is 20.6 Å². The summed E-state index contributed by atoms with van der Waals surface area (Å²) in [7, 11) is 1.38. The van der Waals surface area contributed by atoms with E-state index >= 15 is 0 Å². The molecule has 1 aliphatic rings. The number of hydrogen-bond acceptors (Lipinski definition) is 5. The lowest BCUT2D eigenvalue weighted by molar-refractivity contribution is -0.141. The number of methoxy groups -OCH3 is 1. The topological polar surface area (TPSA) is 62.7 Å². The molecule has 2 rings (SSSR count). The first-order valence-electron chi connectivity index (χ1n) is 5.51. The van der Waals surface area contributed by atoms with Crippen LogP contribution in [0.5, 0.6) is 0 Å². The summed E-state index contributed by atoms with van der Waals surface area (Å²) in [6.07, 6.45) is 1.45. The standard InChI is InChI=1S/C12H15N3O2/c1-17-12(16)10-7-8-11(13-10)15-14-9-5-3-2-4-6-9/h2-6,10,14H,7-8H2,1H3,(H,13,15). The number of ether oxygens (including phenoxy) is 1. The summed E-state index contributed by atoms with van der Waals surface area (Å²) in [6, 6.07) is 9.36. The van der Waals surface area contributed by atoms with Gasteiger partial charge >= 0.3 is 5.97 Å². The number of rotatable bonds is 3. The van der Waals surface area contributed by atoms with E-state index in [1.54, 1.807) is 0 Å². The Hall–Kier alpha value is -2.04. The van der Waals surface area contributed by atoms with Crippen LogP contribution in [-0.4, -0.2) is 25.0 Å². The van der Waals surface area contributed by atoms with Crippen molar-refractivity contribution in [3.63, 3.8) is 0 Å². The minimum absolute atomic E-state index is 0.276. The smallest absolute Gasteiger partial charge is 0.330 e. The molecule has 1 heterocycles. The predicted molar refractivity (Wildman–Crippen MR) is 65.7 cm³/mol. The monoisotopic (exact) mass is 233 g/mol. The highest BCUT2D eigenvalue weighted by Gasteiger charge is 2.24. The molecule has 0 saturated heterocycles. The number of anilines is 1. The van der Waals surface area contributed by atoms with Crippen LogP contribution in [0, 0.1) is 0 Å². The minimum Gasteiger partial charge on any atom is -0.467 e. The molecule has 2 N–H and O–H groups in total. The Balaban J connectivity index is 1.87. The van der Waals surface area contributed by atoms with Gasteiger partial charge in [0.25, 0.3) is 0 Å². The molecule has 0 amide bonds. The highest BCUT2D eigenvalue weighted by Crippen LogP contribution is 2.13. The Bertz CT molecular complexity index is 417. The number of hydrogen-bond donors (Lipinski definition) is 2. The zero-order chi connectivity index (χ0) is 12.1. The van der Waals surface area contributed by atoms with Crippen LogP contribution >= 0.6 is 0 Å². The zero-order valence-electron chi connectivity index (χ0n) is 9.64. The average Bonchev–Trinajstić information content (AvgIpc) is 2.85. The zero-order valence-corrected chi connectivity index (χ0v) is 9.64. The number of benzene rings is 1. The van der Waals surface area contributed by atoms with E-state index in [4.69, 9.17) is 0 Å². The number of nitrogens with one attached hydrogen (secondary N) is 2. The van der Waals surface area contributed by atoms with Crippen LogP contribution in [0.2, 0.25) is 0 Å². The van der Waals surface area contributed by atoms with E-state index in [-0.39, 0.29) is 12.0 Å². The predicted octanol–water partition coefficient (Wildman–Crippen LogP) is 1.34. The van der Waals surface area contributed by atoms with Gasteiger partial charge in [-0.25, -0.2) is 4.79 Å². The van der Waals surface area contributed by atoms with Gasteiger partial charge in [0.2, 0.25) is 0 Å². The number of hydrazine groups is 1. The maximum atomic E-state index is 11.3. The van der Waals surface area contributed by atoms with E-state index in [0.717, 1.165) is 17.9 Å². The van der Waals surface area contributed by atoms with Crippen LogP contribution in [0.25, 0.3) is 0 Å². The van der Waals surface area contributed by atoms with Gasteiger partial charge in [-0.2, -0.15) is 0 Å². The van der Waals surface area contributed by atoms with Gasteiger partial charge < -0.3 is 4.74 Å². The molecule has 1 atom stereocenters. The summed E-state index contributed by atoms with van der Waals surface area (Å²) in [6.45, 7) is 0. The van der Waals surface area contributed by atoms with Crippen molar-refractivity contribution >= 4 is 17.5 Å². The Labute approximate surface area is 99.9 Å². The fraction of sp³-hybridized carbons (Fsp3) is 0.333. The van der Waals surface area contributed by atoms with Gasteiger partial charge in [0, 0.05) is 6.42 Å². The van der Waals surface area contributed by atoms with E-state index in [1.165, 1.54) is 7.11 Å². The first-order valence-corrected chi connectivity index (χ1v) is 5.51. The third-order valence-electron chi connectivity index (χ3n) is 2.56. The highest BCUT2D eigenvalue weighted by atomic mass is 16.5. The van der Waals surface area contributed by atoms with Gasteiger partial charge in [0.1, 0.15) is 11.9 Å². The second-order valence-corrected chi connectivity index (χ2v) is 3.77. The number of amidine groups is 1. The highest BCUT2D eigenvalue weighted by molar-refractivity contribution is 5.90. The van der Waals surface area contributed by atoms with Crippen LogP contribution < -0.4 is 10.9 Å². The SMILES string of the molecule is COC(=O)C1CCC(NNc2ccccc2)=N1. The third-order valence-corrected chi connectivity index (χ3v) is 2.56. The molecule has 0 fully saturated rings. The summed E-state index contributed by atoms with van der Waals surface area (Å²) in [4.78, 5) is 15.5. The molecule has 0 bridgehead atoms. The van der Waals surface area contributed by atoms with Crippen LogP contribution in [0.15, 0.2) is 35.3 Å². The number of carbonyl (C=O) groups is 1. The van der Waals surface area contributed by atoms with Crippen LogP contribution in [0.1, 0.15) is 12.8 Å². The number of para-hydroxylation sites is 1. The Morgan fingerprint density at radius 2 is 2.12 bits per heavy atom. The van der Waals surface area contributed by atoms with Crippen molar-refractivity contribution in [3.8, 4) is 0 Å². The van der Waals surface area contributed by atoms with E-state index in [0.29, 0.717) is 6.42 Å². The maximum Gasteiger partial charge on any atom is 0.330 e. The molecule has 5 heteroatoms. The van der Waals surface area contributed by atoms with Gasteiger partial charge in [-0.3, -0.25) is 15.8 Å². The lowest BCUT2D eigenvalue weighted by Crippen LogP contribution is -2.27. The molecule has 0 saturated carbocycles. The van der Waals surface area contributed by atoms with Crippen LogP contribution in [0.4, 0.5) is 5.69 Å². The molecule has 1 aromatic carbocycles. The molecule has 0 radical (unpaired) electrons. The van der Waals surface area contributed by atoms with Crippen molar-refractivity contribution in [2.24, 2.45) is 4.99 Å².